The van der Waals surface area contributed by atoms with Gasteiger partial charge in [0.15, 0.2) is 5.78 Å². The third kappa shape index (κ3) is 4.13. The molecule has 0 aromatic heterocycles. The van der Waals surface area contributed by atoms with Gasteiger partial charge in [-0.15, -0.1) is 0 Å². The van der Waals surface area contributed by atoms with Gasteiger partial charge in [0, 0.05) is 43.5 Å². The second kappa shape index (κ2) is 8.87. The van der Waals surface area contributed by atoms with Crippen LogP contribution in [0, 0.1) is 0 Å². The Kier molecular flexibility index (Phi) is 5.81. The molecular formula is C26H34N4O5. The van der Waals surface area contributed by atoms with Gasteiger partial charge in [0.2, 0.25) is 5.91 Å². The molecule has 0 spiro atoms. The molecule has 0 radical (unpaired) electrons. The Bertz CT molecular complexity index is 995. The molecular weight excluding hydrogens is 448 g/mol. The number of aliphatic hydroxyl groups is 1. The minimum absolute atomic E-state index is 0.0558. The molecule has 2 N–H and O–H groups in total. The molecule has 2 amide bonds. The van der Waals surface area contributed by atoms with Gasteiger partial charge in [-0.2, -0.15) is 0 Å². The SMILES string of the molecule is O=C(NC1(C(=O)N2C[C@@H](O)[C@H]3OCC(=O)[C@H]32)CCCC1)c1ccc(N2CCN(C3CC3)CC2)cc1. The number of nitrogens with one attached hydrogen (secondary N) is 1. The quantitative estimate of drug-likeness (QED) is 0.632. The van der Waals surface area contributed by atoms with E-state index < -0.39 is 23.8 Å². The Balaban J connectivity index is 1.13. The van der Waals surface area contributed by atoms with Crippen LogP contribution in [0.5, 0.6) is 0 Å². The molecule has 9 heteroatoms. The lowest BCUT2D eigenvalue weighted by Gasteiger charge is -2.36. The Labute approximate surface area is 205 Å². The van der Waals surface area contributed by atoms with Crippen molar-refractivity contribution in [3.8, 4) is 0 Å². The van der Waals surface area contributed by atoms with Crippen LogP contribution >= 0.6 is 0 Å². The molecule has 5 aliphatic rings. The van der Waals surface area contributed by atoms with Crippen LogP contribution in [0.2, 0.25) is 0 Å². The van der Waals surface area contributed by atoms with E-state index in [4.69, 9.17) is 4.74 Å². The first-order chi connectivity index (χ1) is 16.9. The van der Waals surface area contributed by atoms with E-state index in [1.165, 1.54) is 17.7 Å². The average molecular weight is 483 g/mol. The number of anilines is 1. The lowest BCUT2D eigenvalue weighted by molar-refractivity contribution is -0.142. The average Bonchev–Trinajstić information content (AvgIpc) is 3.36. The zero-order chi connectivity index (χ0) is 24.2. The van der Waals surface area contributed by atoms with Crippen molar-refractivity contribution in [3.63, 3.8) is 0 Å². The van der Waals surface area contributed by atoms with Gasteiger partial charge in [0.05, 0.1) is 6.54 Å². The van der Waals surface area contributed by atoms with E-state index in [1.54, 1.807) is 0 Å². The predicted molar refractivity (Wildman–Crippen MR) is 128 cm³/mol. The van der Waals surface area contributed by atoms with Gasteiger partial charge >= 0.3 is 0 Å². The summed E-state index contributed by atoms with van der Waals surface area (Å²) in [6.07, 6.45) is 3.82. The number of likely N-dealkylation sites (tertiary alicyclic amines) is 1. The first-order valence-corrected chi connectivity index (χ1v) is 13.0. The Morgan fingerprint density at radius 1 is 1.03 bits per heavy atom. The zero-order valence-corrected chi connectivity index (χ0v) is 20.0. The van der Waals surface area contributed by atoms with Crippen molar-refractivity contribution in [2.45, 2.75) is 68.4 Å². The van der Waals surface area contributed by atoms with Crippen molar-refractivity contribution >= 4 is 23.3 Å². The second-order valence-electron chi connectivity index (χ2n) is 10.8. The van der Waals surface area contributed by atoms with Gasteiger partial charge in [-0.05, 0) is 49.9 Å². The summed E-state index contributed by atoms with van der Waals surface area (Å²) < 4.78 is 5.42. The highest BCUT2D eigenvalue weighted by Crippen LogP contribution is 2.36. The number of β-amino-alcohol motifs (C(OH)–C–C–N with tert-alkyl or cyclic N) is 1. The molecule has 2 aliphatic carbocycles. The van der Waals surface area contributed by atoms with Crippen LogP contribution < -0.4 is 10.2 Å². The summed E-state index contributed by atoms with van der Waals surface area (Å²) in [5.74, 6) is -0.748. The molecule has 1 aromatic carbocycles. The normalized spacial score (nSPS) is 30.5. The molecule has 3 heterocycles. The van der Waals surface area contributed by atoms with E-state index in [0.717, 1.165) is 50.7 Å². The number of fused-ring (bicyclic) bond motifs is 1. The van der Waals surface area contributed by atoms with Gasteiger partial charge in [-0.25, -0.2) is 0 Å². The van der Waals surface area contributed by atoms with Crippen molar-refractivity contribution in [3.05, 3.63) is 29.8 Å². The molecule has 0 unspecified atom stereocenters. The first-order valence-electron chi connectivity index (χ1n) is 13.0. The van der Waals surface area contributed by atoms with E-state index in [-0.39, 0.29) is 30.7 Å². The fourth-order valence-electron chi connectivity index (χ4n) is 6.38. The van der Waals surface area contributed by atoms with Crippen LogP contribution in [0.1, 0.15) is 48.9 Å². The number of Topliss-reactive ketones (excluding diaryl/α,β-unsaturated/α-hetero) is 1. The van der Waals surface area contributed by atoms with E-state index >= 15 is 0 Å². The maximum absolute atomic E-state index is 13.7. The highest BCUT2D eigenvalue weighted by atomic mass is 16.5. The van der Waals surface area contributed by atoms with E-state index in [2.05, 4.69) is 15.1 Å². The van der Waals surface area contributed by atoms with Gasteiger partial charge in [-0.3, -0.25) is 19.3 Å². The predicted octanol–water partition coefficient (Wildman–Crippen LogP) is 0.553. The third-order valence-electron chi connectivity index (χ3n) is 8.51. The minimum Gasteiger partial charge on any atom is -0.388 e. The Morgan fingerprint density at radius 2 is 1.71 bits per heavy atom. The number of aliphatic hydroxyl groups excluding tert-OH is 1. The van der Waals surface area contributed by atoms with Crippen molar-refractivity contribution in [1.29, 1.82) is 0 Å². The number of nitrogens with zero attached hydrogens (tertiary/aromatic N) is 3. The second-order valence-corrected chi connectivity index (χ2v) is 10.8. The number of carbonyl (C=O) groups is 3. The summed E-state index contributed by atoms with van der Waals surface area (Å²) in [5.41, 5.74) is 0.580. The summed E-state index contributed by atoms with van der Waals surface area (Å²) >= 11 is 0. The number of piperazine rings is 1. The number of carbonyl (C=O) groups excluding carboxylic acids is 3. The molecule has 6 rings (SSSR count). The summed E-state index contributed by atoms with van der Waals surface area (Å²) in [6.45, 7) is 4.12. The van der Waals surface area contributed by atoms with Gasteiger partial charge in [0.25, 0.3) is 5.91 Å². The molecule has 3 atom stereocenters. The molecule has 3 saturated heterocycles. The van der Waals surface area contributed by atoms with Crippen molar-refractivity contribution in [2.24, 2.45) is 0 Å². The van der Waals surface area contributed by atoms with Gasteiger partial charge in [-0.1, -0.05) is 12.8 Å². The maximum Gasteiger partial charge on any atom is 0.252 e. The monoisotopic (exact) mass is 482 g/mol. The number of rotatable bonds is 5. The summed E-state index contributed by atoms with van der Waals surface area (Å²) in [6, 6.07) is 7.67. The summed E-state index contributed by atoms with van der Waals surface area (Å²) in [4.78, 5) is 45.7. The minimum atomic E-state index is -1.05. The first kappa shape index (κ1) is 22.9. The molecule has 0 bridgehead atoms. The number of ether oxygens (including phenoxy) is 1. The third-order valence-corrected chi connectivity index (χ3v) is 8.51. The smallest absolute Gasteiger partial charge is 0.252 e. The summed E-state index contributed by atoms with van der Waals surface area (Å²) in [7, 11) is 0. The van der Waals surface area contributed by atoms with E-state index in [9.17, 15) is 19.5 Å². The van der Waals surface area contributed by atoms with E-state index in [1.807, 2.05) is 24.3 Å². The molecule has 3 aliphatic heterocycles. The fraction of sp³-hybridized carbons (Fsp3) is 0.654. The number of amides is 2. The van der Waals surface area contributed by atoms with Crippen molar-refractivity contribution in [2.75, 3.05) is 44.2 Å². The maximum atomic E-state index is 13.7. The molecule has 188 valence electrons. The van der Waals surface area contributed by atoms with Crippen LogP contribution in [0.25, 0.3) is 0 Å². The van der Waals surface area contributed by atoms with Crippen LogP contribution in [0.4, 0.5) is 5.69 Å². The fourth-order valence-corrected chi connectivity index (χ4v) is 6.38. The van der Waals surface area contributed by atoms with Crippen LogP contribution in [0.15, 0.2) is 24.3 Å². The molecule has 1 aromatic rings. The van der Waals surface area contributed by atoms with Gasteiger partial charge < -0.3 is 25.0 Å². The molecule has 2 saturated carbocycles. The molecule has 9 nitrogen and oxygen atoms in total. The topological polar surface area (TPSA) is 102 Å². The number of hydrogen-bond acceptors (Lipinski definition) is 7. The number of ketones is 1. The lowest BCUT2D eigenvalue weighted by atomic mass is 9.93. The number of benzene rings is 1. The van der Waals surface area contributed by atoms with Crippen molar-refractivity contribution in [1.82, 2.24) is 15.1 Å². The lowest BCUT2D eigenvalue weighted by Crippen LogP contribution is -2.60. The number of hydrogen-bond donors (Lipinski definition) is 2. The van der Waals surface area contributed by atoms with E-state index in [0.29, 0.717) is 18.4 Å². The standard InChI is InChI=1S/C26H34N4O5/c31-20-15-30(22-21(32)16-35-23(20)22)25(34)26(9-1-2-10-26)27-24(33)17-3-5-18(6-4-17)28-11-13-29(14-12-28)19-7-8-19/h3-6,19-20,22-23,31H,1-2,7-16H2,(H,27,33)/t20-,22-,23-/m1/s1. The van der Waals surface area contributed by atoms with Crippen molar-refractivity contribution < 1.29 is 24.2 Å². The van der Waals surface area contributed by atoms with Crippen LogP contribution in [-0.2, 0) is 14.3 Å². The largest absolute Gasteiger partial charge is 0.388 e. The molecule has 5 fully saturated rings. The Morgan fingerprint density at radius 3 is 2.37 bits per heavy atom. The molecule has 35 heavy (non-hydrogen) atoms. The highest BCUT2D eigenvalue weighted by molar-refractivity contribution is 6.01. The van der Waals surface area contributed by atoms with Gasteiger partial charge in [0.1, 0.15) is 30.4 Å². The Hall–Kier alpha value is -2.49. The van der Waals surface area contributed by atoms with Crippen LogP contribution in [-0.4, -0.2) is 102 Å². The zero-order valence-electron chi connectivity index (χ0n) is 20.0. The summed E-state index contributed by atoms with van der Waals surface area (Å²) in [5, 5.41) is 13.4. The van der Waals surface area contributed by atoms with Crippen LogP contribution in [0.3, 0.4) is 0 Å². The highest BCUT2D eigenvalue weighted by Gasteiger charge is 2.56.